The van der Waals surface area contributed by atoms with Crippen LogP contribution in [0.5, 0.6) is 0 Å². The molecule has 0 radical (unpaired) electrons. The fraction of sp³-hybridized carbons (Fsp3) is 0.0769. The lowest BCUT2D eigenvalue weighted by Gasteiger charge is -2.13. The van der Waals surface area contributed by atoms with Crippen molar-refractivity contribution in [2.75, 3.05) is 0 Å². The summed E-state index contributed by atoms with van der Waals surface area (Å²) in [7, 11) is 0. The zero-order valence-electron chi connectivity index (χ0n) is 8.70. The fourth-order valence-corrected chi connectivity index (χ4v) is 2.65. The average molecular weight is 423 g/mol. The third-order valence-electron chi connectivity index (χ3n) is 2.44. The summed E-state index contributed by atoms with van der Waals surface area (Å²) in [5.41, 5.74) is 1.69. The van der Waals surface area contributed by atoms with E-state index in [0.29, 0.717) is 5.02 Å². The molecule has 1 unspecified atom stereocenters. The van der Waals surface area contributed by atoms with Gasteiger partial charge in [0, 0.05) is 18.6 Å². The lowest BCUT2D eigenvalue weighted by Crippen LogP contribution is -2.00. The van der Waals surface area contributed by atoms with Crippen molar-refractivity contribution in [1.29, 1.82) is 0 Å². The van der Waals surface area contributed by atoms with Crippen LogP contribution in [-0.4, -0.2) is 5.11 Å². The first-order chi connectivity index (χ1) is 8.08. The van der Waals surface area contributed by atoms with Crippen molar-refractivity contribution >= 4 is 50.1 Å². The van der Waals surface area contributed by atoms with Crippen LogP contribution >= 0.6 is 50.1 Å². The molecular formula is C13H9BrClIO. The quantitative estimate of drug-likeness (QED) is 0.689. The standard InChI is InChI=1S/C13H9BrClIO/c14-12-6-5-10(16)7-11(12)13(17)8-1-3-9(15)4-2-8/h1-7,13,17H. The number of aliphatic hydroxyl groups is 1. The Bertz CT molecular complexity index is 527. The van der Waals surface area contributed by atoms with Crippen LogP contribution in [0.3, 0.4) is 0 Å². The third kappa shape index (κ3) is 3.22. The van der Waals surface area contributed by atoms with Gasteiger partial charge in [0.15, 0.2) is 0 Å². The van der Waals surface area contributed by atoms with Crippen LogP contribution in [-0.2, 0) is 0 Å². The van der Waals surface area contributed by atoms with Gasteiger partial charge >= 0.3 is 0 Å². The second-order valence-corrected chi connectivity index (χ2v) is 6.16. The molecule has 0 fully saturated rings. The molecule has 88 valence electrons. The molecule has 0 heterocycles. The summed E-state index contributed by atoms with van der Waals surface area (Å²) in [6, 6.07) is 13.1. The van der Waals surface area contributed by atoms with Crippen molar-refractivity contribution in [2.45, 2.75) is 6.10 Å². The molecule has 1 nitrogen and oxygen atoms in total. The molecule has 2 aromatic rings. The summed E-state index contributed by atoms with van der Waals surface area (Å²) in [5.74, 6) is 0. The van der Waals surface area contributed by atoms with Crippen LogP contribution in [0.15, 0.2) is 46.9 Å². The van der Waals surface area contributed by atoms with Crippen LogP contribution in [0.1, 0.15) is 17.2 Å². The molecule has 0 aromatic heterocycles. The Balaban J connectivity index is 2.39. The minimum atomic E-state index is -0.642. The van der Waals surface area contributed by atoms with Crippen LogP contribution in [0.4, 0.5) is 0 Å². The zero-order chi connectivity index (χ0) is 12.4. The van der Waals surface area contributed by atoms with E-state index in [-0.39, 0.29) is 0 Å². The molecule has 1 N–H and O–H groups in total. The van der Waals surface area contributed by atoms with Gasteiger partial charge in [0.25, 0.3) is 0 Å². The van der Waals surface area contributed by atoms with Gasteiger partial charge in [-0.05, 0) is 58.5 Å². The molecule has 0 saturated carbocycles. The molecule has 0 aliphatic carbocycles. The van der Waals surface area contributed by atoms with E-state index >= 15 is 0 Å². The lowest BCUT2D eigenvalue weighted by molar-refractivity contribution is 0.219. The molecule has 0 saturated heterocycles. The Morgan fingerprint density at radius 3 is 2.41 bits per heavy atom. The van der Waals surface area contributed by atoms with Crippen molar-refractivity contribution in [3.05, 3.63) is 66.7 Å². The van der Waals surface area contributed by atoms with Gasteiger partial charge in [-0.2, -0.15) is 0 Å². The Morgan fingerprint density at radius 2 is 1.76 bits per heavy atom. The number of benzene rings is 2. The van der Waals surface area contributed by atoms with E-state index in [2.05, 4.69) is 38.5 Å². The van der Waals surface area contributed by atoms with Crippen molar-refractivity contribution in [3.63, 3.8) is 0 Å². The van der Waals surface area contributed by atoms with E-state index < -0.39 is 6.10 Å². The minimum absolute atomic E-state index is 0.642. The predicted molar refractivity (Wildman–Crippen MR) is 82.4 cm³/mol. The smallest absolute Gasteiger partial charge is 0.105 e. The Morgan fingerprint density at radius 1 is 1.12 bits per heavy atom. The van der Waals surface area contributed by atoms with E-state index in [4.69, 9.17) is 11.6 Å². The van der Waals surface area contributed by atoms with Gasteiger partial charge in [0.1, 0.15) is 6.10 Å². The van der Waals surface area contributed by atoms with Gasteiger partial charge in [0.2, 0.25) is 0 Å². The van der Waals surface area contributed by atoms with Crippen LogP contribution in [0.2, 0.25) is 5.02 Å². The Hall–Kier alpha value is -0.100. The van der Waals surface area contributed by atoms with Gasteiger partial charge in [-0.1, -0.05) is 39.7 Å². The average Bonchev–Trinajstić information content (AvgIpc) is 2.32. The number of hydrogen-bond donors (Lipinski definition) is 1. The first kappa shape index (κ1) is 13.3. The second kappa shape index (κ2) is 5.69. The van der Waals surface area contributed by atoms with E-state index in [0.717, 1.165) is 19.2 Å². The third-order valence-corrected chi connectivity index (χ3v) is 4.08. The molecule has 1 atom stereocenters. The van der Waals surface area contributed by atoms with Crippen molar-refractivity contribution < 1.29 is 5.11 Å². The van der Waals surface area contributed by atoms with Gasteiger partial charge in [-0.3, -0.25) is 0 Å². The number of halogens is 3. The SMILES string of the molecule is OC(c1ccc(Cl)cc1)c1cc(I)ccc1Br. The number of aliphatic hydroxyl groups excluding tert-OH is 1. The monoisotopic (exact) mass is 422 g/mol. The number of rotatable bonds is 2. The predicted octanol–water partition coefficient (Wildman–Crippen LogP) is 4.79. The largest absolute Gasteiger partial charge is 0.384 e. The van der Waals surface area contributed by atoms with E-state index in [1.165, 1.54) is 0 Å². The first-order valence-corrected chi connectivity index (χ1v) is 7.21. The highest BCUT2D eigenvalue weighted by atomic mass is 127. The molecule has 0 bridgehead atoms. The van der Waals surface area contributed by atoms with Crippen LogP contribution < -0.4 is 0 Å². The zero-order valence-corrected chi connectivity index (χ0v) is 13.2. The molecule has 4 heteroatoms. The van der Waals surface area contributed by atoms with E-state index in [1.807, 2.05) is 30.3 Å². The maximum Gasteiger partial charge on any atom is 0.105 e. The van der Waals surface area contributed by atoms with Gasteiger partial charge < -0.3 is 5.11 Å². The molecule has 2 rings (SSSR count). The first-order valence-electron chi connectivity index (χ1n) is 4.96. The Labute approximate surface area is 127 Å². The highest BCUT2D eigenvalue weighted by Gasteiger charge is 2.13. The van der Waals surface area contributed by atoms with Gasteiger partial charge in [0.05, 0.1) is 0 Å². The summed E-state index contributed by atoms with van der Waals surface area (Å²) < 4.78 is 1.99. The summed E-state index contributed by atoms with van der Waals surface area (Å²) in [5, 5.41) is 11.0. The molecular weight excluding hydrogens is 414 g/mol. The minimum Gasteiger partial charge on any atom is -0.384 e. The summed E-state index contributed by atoms with van der Waals surface area (Å²) in [6.07, 6.45) is -0.642. The Kier molecular flexibility index (Phi) is 4.47. The van der Waals surface area contributed by atoms with Crippen LogP contribution in [0.25, 0.3) is 0 Å². The normalized spacial score (nSPS) is 12.5. The van der Waals surface area contributed by atoms with Crippen LogP contribution in [0, 0.1) is 3.57 Å². The van der Waals surface area contributed by atoms with E-state index in [1.54, 1.807) is 12.1 Å². The molecule has 17 heavy (non-hydrogen) atoms. The molecule has 0 spiro atoms. The highest BCUT2D eigenvalue weighted by molar-refractivity contribution is 14.1. The molecule has 0 amide bonds. The molecule has 2 aromatic carbocycles. The summed E-state index contributed by atoms with van der Waals surface area (Å²) in [6.45, 7) is 0. The number of hydrogen-bond acceptors (Lipinski definition) is 1. The maximum atomic E-state index is 10.3. The molecule has 0 aliphatic heterocycles. The van der Waals surface area contributed by atoms with Crippen molar-refractivity contribution in [2.24, 2.45) is 0 Å². The summed E-state index contributed by atoms with van der Waals surface area (Å²) in [4.78, 5) is 0. The second-order valence-electron chi connectivity index (χ2n) is 3.62. The molecule has 0 aliphatic rings. The van der Waals surface area contributed by atoms with Crippen molar-refractivity contribution in [1.82, 2.24) is 0 Å². The van der Waals surface area contributed by atoms with E-state index in [9.17, 15) is 5.11 Å². The highest BCUT2D eigenvalue weighted by Crippen LogP contribution is 2.30. The topological polar surface area (TPSA) is 20.2 Å². The van der Waals surface area contributed by atoms with Crippen molar-refractivity contribution in [3.8, 4) is 0 Å². The summed E-state index contributed by atoms with van der Waals surface area (Å²) >= 11 is 11.5. The van der Waals surface area contributed by atoms with Gasteiger partial charge in [-0.15, -0.1) is 0 Å². The lowest BCUT2D eigenvalue weighted by atomic mass is 10.0. The fourth-order valence-electron chi connectivity index (χ4n) is 1.55. The van der Waals surface area contributed by atoms with Gasteiger partial charge in [-0.25, -0.2) is 0 Å². The maximum absolute atomic E-state index is 10.3.